The van der Waals surface area contributed by atoms with Crippen LogP contribution in [0, 0.1) is 0 Å². The normalized spacial score (nSPS) is 39.5. The van der Waals surface area contributed by atoms with Crippen molar-refractivity contribution >= 4 is 0 Å². The summed E-state index contributed by atoms with van der Waals surface area (Å²) in [6.07, 6.45) is 2.18. The number of hydrogen-bond donors (Lipinski definition) is 1. The molecule has 3 rings (SSSR count). The van der Waals surface area contributed by atoms with Gasteiger partial charge in [-0.3, -0.25) is 9.80 Å². The molecule has 0 bridgehead atoms. The van der Waals surface area contributed by atoms with Crippen molar-refractivity contribution in [3.05, 3.63) is 0 Å². The van der Waals surface area contributed by atoms with Crippen LogP contribution in [0.3, 0.4) is 0 Å². The molecular formula is C15H28N2O3. The highest BCUT2D eigenvalue weighted by molar-refractivity contribution is 4.95. The molecule has 2 saturated heterocycles. The highest BCUT2D eigenvalue weighted by Gasteiger charge is 2.47. The Balaban J connectivity index is 1.65. The molecule has 5 nitrogen and oxygen atoms in total. The summed E-state index contributed by atoms with van der Waals surface area (Å²) in [5.41, 5.74) is 0. The predicted molar refractivity (Wildman–Crippen MR) is 76.6 cm³/mol. The van der Waals surface area contributed by atoms with E-state index in [9.17, 15) is 5.11 Å². The maximum Gasteiger partial charge on any atom is 0.170 e. The first kappa shape index (κ1) is 14.7. The van der Waals surface area contributed by atoms with E-state index >= 15 is 0 Å². The van der Waals surface area contributed by atoms with Crippen LogP contribution in [0.5, 0.6) is 0 Å². The summed E-state index contributed by atoms with van der Waals surface area (Å²) in [6.45, 7) is 10.2. The summed E-state index contributed by atoms with van der Waals surface area (Å²) < 4.78 is 11.7. The van der Waals surface area contributed by atoms with Gasteiger partial charge in [0.2, 0.25) is 0 Å². The molecular weight excluding hydrogens is 256 g/mol. The number of aliphatic hydroxyl groups is 1. The van der Waals surface area contributed by atoms with Gasteiger partial charge >= 0.3 is 0 Å². The molecule has 1 spiro atoms. The van der Waals surface area contributed by atoms with Gasteiger partial charge < -0.3 is 14.6 Å². The van der Waals surface area contributed by atoms with Gasteiger partial charge in [-0.2, -0.15) is 0 Å². The molecule has 5 heteroatoms. The minimum atomic E-state index is -0.408. The van der Waals surface area contributed by atoms with E-state index < -0.39 is 5.79 Å². The summed E-state index contributed by atoms with van der Waals surface area (Å²) in [6, 6.07) is 0.743. The van der Waals surface area contributed by atoms with Crippen molar-refractivity contribution in [2.45, 2.75) is 57.1 Å². The third-order valence-electron chi connectivity index (χ3n) is 5.27. The minimum absolute atomic E-state index is 0.184. The lowest BCUT2D eigenvalue weighted by atomic mass is 9.86. The lowest BCUT2D eigenvalue weighted by Crippen LogP contribution is -2.60. The molecule has 2 heterocycles. The number of piperazine rings is 1. The fourth-order valence-corrected chi connectivity index (χ4v) is 4.04. The van der Waals surface area contributed by atoms with E-state index in [0.717, 1.165) is 45.4 Å². The molecule has 1 aliphatic carbocycles. The van der Waals surface area contributed by atoms with Crippen LogP contribution in [0.4, 0.5) is 0 Å². The van der Waals surface area contributed by atoms with Crippen molar-refractivity contribution in [1.82, 2.24) is 9.80 Å². The van der Waals surface area contributed by atoms with E-state index in [1.165, 1.54) is 0 Å². The molecule has 0 radical (unpaired) electrons. The Hall–Kier alpha value is -0.200. The fourth-order valence-electron chi connectivity index (χ4n) is 4.04. The van der Waals surface area contributed by atoms with Gasteiger partial charge in [0.15, 0.2) is 5.79 Å². The first-order valence-corrected chi connectivity index (χ1v) is 8.07. The lowest BCUT2D eigenvalue weighted by molar-refractivity contribution is -0.207. The Morgan fingerprint density at radius 1 is 1.25 bits per heavy atom. The predicted octanol–water partition coefficient (Wildman–Crippen LogP) is 0.669. The average Bonchev–Trinajstić information content (AvgIpc) is 2.90. The van der Waals surface area contributed by atoms with Gasteiger partial charge in [0.05, 0.1) is 19.3 Å². The van der Waals surface area contributed by atoms with E-state index in [-0.39, 0.29) is 12.1 Å². The molecule has 1 N–H and O–H groups in total. The molecule has 0 aromatic carbocycles. The van der Waals surface area contributed by atoms with Gasteiger partial charge in [-0.1, -0.05) is 6.92 Å². The topological polar surface area (TPSA) is 45.2 Å². The second-order valence-electron chi connectivity index (χ2n) is 6.46. The van der Waals surface area contributed by atoms with E-state index in [1.807, 2.05) is 0 Å². The number of rotatable bonds is 2. The number of nitrogens with zero attached hydrogens (tertiary/aromatic N) is 2. The Morgan fingerprint density at radius 3 is 2.65 bits per heavy atom. The van der Waals surface area contributed by atoms with Crippen molar-refractivity contribution in [1.29, 1.82) is 0 Å². The van der Waals surface area contributed by atoms with Crippen molar-refractivity contribution < 1.29 is 14.6 Å². The second-order valence-corrected chi connectivity index (χ2v) is 6.46. The summed E-state index contributed by atoms with van der Waals surface area (Å²) in [5, 5.41) is 10.4. The molecule has 1 saturated carbocycles. The molecule has 3 aliphatic rings. The molecule has 0 amide bonds. The van der Waals surface area contributed by atoms with Crippen molar-refractivity contribution in [3.63, 3.8) is 0 Å². The zero-order chi connectivity index (χ0) is 14.2. The molecule has 20 heavy (non-hydrogen) atoms. The largest absolute Gasteiger partial charge is 0.391 e. The summed E-state index contributed by atoms with van der Waals surface area (Å²) >= 11 is 0. The smallest absolute Gasteiger partial charge is 0.170 e. The minimum Gasteiger partial charge on any atom is -0.391 e. The van der Waals surface area contributed by atoms with Crippen molar-refractivity contribution in [3.8, 4) is 0 Å². The maximum atomic E-state index is 10.4. The van der Waals surface area contributed by atoms with E-state index in [2.05, 4.69) is 23.6 Å². The number of aliphatic hydroxyl groups excluding tert-OH is 1. The molecule has 0 aromatic heterocycles. The summed E-state index contributed by atoms with van der Waals surface area (Å²) in [4.78, 5) is 4.96. The zero-order valence-electron chi connectivity index (χ0n) is 12.8. The fraction of sp³-hybridized carbons (Fsp3) is 1.00. The standard InChI is InChI=1S/C15H28N2O3/c1-3-16-6-7-17(11-12(16)2)13-10-15(5-4-14(13)18)19-8-9-20-15/h12-14,18H,3-11H2,1-2H3. The number of ether oxygens (including phenoxy) is 2. The van der Waals surface area contributed by atoms with Gasteiger partial charge in [0, 0.05) is 44.6 Å². The van der Waals surface area contributed by atoms with Crippen LogP contribution >= 0.6 is 0 Å². The number of hydrogen-bond acceptors (Lipinski definition) is 5. The molecule has 116 valence electrons. The molecule has 0 aromatic rings. The molecule has 3 atom stereocenters. The van der Waals surface area contributed by atoms with Gasteiger partial charge in [-0.05, 0) is 19.9 Å². The highest BCUT2D eigenvalue weighted by Crippen LogP contribution is 2.38. The zero-order valence-corrected chi connectivity index (χ0v) is 12.8. The molecule has 3 unspecified atom stereocenters. The van der Waals surface area contributed by atoms with E-state index in [4.69, 9.17) is 9.47 Å². The summed E-state index contributed by atoms with van der Waals surface area (Å²) in [5.74, 6) is -0.408. The summed E-state index contributed by atoms with van der Waals surface area (Å²) in [7, 11) is 0. The van der Waals surface area contributed by atoms with Crippen LogP contribution < -0.4 is 0 Å². The van der Waals surface area contributed by atoms with Crippen LogP contribution in [0.15, 0.2) is 0 Å². The van der Waals surface area contributed by atoms with Crippen LogP contribution in [-0.2, 0) is 9.47 Å². The van der Waals surface area contributed by atoms with E-state index in [0.29, 0.717) is 19.3 Å². The number of likely N-dealkylation sites (N-methyl/N-ethyl adjacent to an activating group) is 1. The van der Waals surface area contributed by atoms with Crippen LogP contribution in [0.25, 0.3) is 0 Å². The van der Waals surface area contributed by atoms with Crippen LogP contribution in [-0.4, -0.2) is 78.3 Å². The molecule has 2 aliphatic heterocycles. The quantitative estimate of drug-likeness (QED) is 0.807. The van der Waals surface area contributed by atoms with Crippen molar-refractivity contribution in [2.24, 2.45) is 0 Å². The first-order chi connectivity index (χ1) is 9.63. The third kappa shape index (κ3) is 2.74. The van der Waals surface area contributed by atoms with Crippen LogP contribution in [0.2, 0.25) is 0 Å². The van der Waals surface area contributed by atoms with Gasteiger partial charge in [0.25, 0.3) is 0 Å². The monoisotopic (exact) mass is 284 g/mol. The van der Waals surface area contributed by atoms with Gasteiger partial charge in [-0.15, -0.1) is 0 Å². The van der Waals surface area contributed by atoms with Gasteiger partial charge in [-0.25, -0.2) is 0 Å². The Kier molecular flexibility index (Phi) is 4.34. The lowest BCUT2D eigenvalue weighted by Gasteiger charge is -2.48. The second kappa shape index (κ2) is 5.89. The van der Waals surface area contributed by atoms with E-state index in [1.54, 1.807) is 0 Å². The Morgan fingerprint density at radius 2 is 2.00 bits per heavy atom. The average molecular weight is 284 g/mol. The highest BCUT2D eigenvalue weighted by atomic mass is 16.7. The maximum absolute atomic E-state index is 10.4. The van der Waals surface area contributed by atoms with Crippen molar-refractivity contribution in [2.75, 3.05) is 39.4 Å². The molecule has 3 fully saturated rings. The third-order valence-corrected chi connectivity index (χ3v) is 5.27. The Labute approximate surface area is 121 Å². The van der Waals surface area contributed by atoms with Crippen LogP contribution in [0.1, 0.15) is 33.1 Å². The van der Waals surface area contributed by atoms with Gasteiger partial charge in [0.1, 0.15) is 0 Å². The SMILES string of the molecule is CCN1CCN(C2CC3(CCC2O)OCCO3)CC1C. The first-order valence-electron chi connectivity index (χ1n) is 8.07. The Bertz CT molecular complexity index is 333.